The summed E-state index contributed by atoms with van der Waals surface area (Å²) >= 11 is 0. The lowest BCUT2D eigenvalue weighted by molar-refractivity contribution is -0.150. The van der Waals surface area contributed by atoms with E-state index in [1.807, 2.05) is 0 Å². The van der Waals surface area contributed by atoms with Crippen LogP contribution in [0.1, 0.15) is 45.4 Å². The molecule has 0 spiro atoms. The third-order valence-electron chi connectivity index (χ3n) is 4.11. The highest BCUT2D eigenvalue weighted by Crippen LogP contribution is 2.30. The third kappa shape index (κ3) is 3.93. The van der Waals surface area contributed by atoms with E-state index >= 15 is 0 Å². The Labute approximate surface area is 113 Å². The summed E-state index contributed by atoms with van der Waals surface area (Å²) in [4.78, 5) is 24.9. The van der Waals surface area contributed by atoms with Crippen molar-refractivity contribution >= 4 is 11.9 Å². The molecule has 1 unspecified atom stereocenters. The van der Waals surface area contributed by atoms with Crippen LogP contribution < -0.4 is 0 Å². The number of carboxylic acid groups (broad SMARTS) is 1. The molecule has 1 saturated heterocycles. The Hall–Kier alpha value is -1.10. The molecule has 1 heterocycles. The van der Waals surface area contributed by atoms with Gasteiger partial charge in [-0.2, -0.15) is 0 Å². The maximum absolute atomic E-state index is 12.2. The first-order valence-corrected chi connectivity index (χ1v) is 7.21. The van der Waals surface area contributed by atoms with E-state index in [-0.39, 0.29) is 11.9 Å². The van der Waals surface area contributed by atoms with Crippen molar-refractivity contribution in [2.24, 2.45) is 5.92 Å². The molecule has 0 aromatic heterocycles. The Morgan fingerprint density at radius 2 is 1.89 bits per heavy atom. The minimum atomic E-state index is -0.911. The fraction of sp³-hybridized carbons (Fsp3) is 0.857. The van der Waals surface area contributed by atoms with Crippen molar-refractivity contribution in [3.63, 3.8) is 0 Å². The summed E-state index contributed by atoms with van der Waals surface area (Å²) in [5, 5.41) is 9.08. The fourth-order valence-corrected chi connectivity index (χ4v) is 2.70. The maximum Gasteiger partial charge on any atom is 0.326 e. The largest absolute Gasteiger partial charge is 0.480 e. The predicted molar refractivity (Wildman–Crippen MR) is 69.7 cm³/mol. The number of carbonyl (C=O) groups is 2. The molecule has 1 amide bonds. The number of rotatable bonds is 6. The van der Waals surface area contributed by atoms with Gasteiger partial charge in [0.25, 0.3) is 0 Å². The molecule has 0 aromatic rings. The van der Waals surface area contributed by atoms with Crippen LogP contribution >= 0.6 is 0 Å². The van der Waals surface area contributed by atoms with Gasteiger partial charge in [0.1, 0.15) is 6.04 Å². The highest BCUT2D eigenvalue weighted by molar-refractivity contribution is 5.84. The number of hydrogen-bond acceptors (Lipinski definition) is 3. The van der Waals surface area contributed by atoms with Gasteiger partial charge >= 0.3 is 5.97 Å². The lowest BCUT2D eigenvalue weighted by Gasteiger charge is -2.28. The number of carboxylic acids is 1. The van der Waals surface area contributed by atoms with E-state index in [1.54, 1.807) is 11.8 Å². The van der Waals surface area contributed by atoms with Crippen LogP contribution in [0.3, 0.4) is 0 Å². The Balaban J connectivity index is 1.83. The summed E-state index contributed by atoms with van der Waals surface area (Å²) in [6, 6.07) is -0.539. The molecule has 1 saturated carbocycles. The van der Waals surface area contributed by atoms with Gasteiger partial charge in [-0.15, -0.1) is 0 Å². The van der Waals surface area contributed by atoms with Crippen LogP contribution in [0.25, 0.3) is 0 Å². The number of aliphatic carboxylic acids is 1. The first-order chi connectivity index (χ1) is 9.09. The van der Waals surface area contributed by atoms with Crippen molar-refractivity contribution in [2.45, 2.75) is 57.5 Å². The van der Waals surface area contributed by atoms with Gasteiger partial charge in [0.2, 0.25) is 5.91 Å². The summed E-state index contributed by atoms with van der Waals surface area (Å²) in [6.07, 6.45) is 5.26. The smallest absolute Gasteiger partial charge is 0.326 e. The molecule has 1 aliphatic heterocycles. The van der Waals surface area contributed by atoms with Crippen LogP contribution in [0, 0.1) is 5.92 Å². The lowest BCUT2D eigenvalue weighted by atomic mass is 9.94. The predicted octanol–water partition coefficient (Wildman–Crippen LogP) is 1.66. The molecule has 1 aliphatic carbocycles. The zero-order valence-electron chi connectivity index (χ0n) is 11.5. The minimum Gasteiger partial charge on any atom is -0.480 e. The van der Waals surface area contributed by atoms with E-state index in [9.17, 15) is 9.59 Å². The van der Waals surface area contributed by atoms with Crippen molar-refractivity contribution in [1.82, 2.24) is 4.90 Å². The average molecular weight is 269 g/mol. The van der Waals surface area contributed by atoms with Crippen molar-refractivity contribution < 1.29 is 19.4 Å². The van der Waals surface area contributed by atoms with E-state index in [4.69, 9.17) is 9.84 Å². The zero-order valence-corrected chi connectivity index (χ0v) is 11.5. The van der Waals surface area contributed by atoms with E-state index in [0.717, 1.165) is 45.3 Å². The quantitative estimate of drug-likeness (QED) is 0.796. The van der Waals surface area contributed by atoms with Crippen molar-refractivity contribution in [3.05, 3.63) is 0 Å². The van der Waals surface area contributed by atoms with E-state index in [2.05, 4.69) is 0 Å². The van der Waals surface area contributed by atoms with Gasteiger partial charge in [-0.1, -0.05) is 0 Å². The Bertz CT molecular complexity index is 334. The van der Waals surface area contributed by atoms with Gasteiger partial charge in [-0.3, -0.25) is 4.79 Å². The average Bonchev–Trinajstić information content (AvgIpc) is 3.22. The van der Waals surface area contributed by atoms with Gasteiger partial charge in [0.15, 0.2) is 0 Å². The molecule has 108 valence electrons. The highest BCUT2D eigenvalue weighted by atomic mass is 16.5. The highest BCUT2D eigenvalue weighted by Gasteiger charge is 2.38. The molecule has 5 nitrogen and oxygen atoms in total. The normalized spacial score (nSPS) is 21.9. The minimum absolute atomic E-state index is 0.00360. The topological polar surface area (TPSA) is 66.8 Å². The second-order valence-corrected chi connectivity index (χ2v) is 5.64. The molecule has 19 heavy (non-hydrogen) atoms. The second-order valence-electron chi connectivity index (χ2n) is 5.64. The summed E-state index contributed by atoms with van der Waals surface area (Å²) in [5.74, 6) is -0.353. The van der Waals surface area contributed by atoms with Crippen molar-refractivity contribution in [3.8, 4) is 0 Å². The summed E-state index contributed by atoms with van der Waals surface area (Å²) in [5.41, 5.74) is 0. The first kappa shape index (κ1) is 14.3. The van der Waals surface area contributed by atoms with Crippen LogP contribution in [-0.4, -0.2) is 47.2 Å². The van der Waals surface area contributed by atoms with E-state index in [0.29, 0.717) is 12.3 Å². The van der Waals surface area contributed by atoms with Gasteiger partial charge in [-0.25, -0.2) is 4.79 Å². The molecule has 2 fully saturated rings. The molecule has 0 bridgehead atoms. The number of carbonyl (C=O) groups excluding carboxylic acids is 1. The molecular weight excluding hydrogens is 246 g/mol. The molecule has 2 rings (SSSR count). The van der Waals surface area contributed by atoms with Crippen molar-refractivity contribution in [2.75, 3.05) is 13.2 Å². The Morgan fingerprint density at radius 3 is 2.42 bits per heavy atom. The van der Waals surface area contributed by atoms with Crippen LogP contribution in [0.15, 0.2) is 0 Å². The van der Waals surface area contributed by atoms with Gasteiger partial charge < -0.3 is 14.7 Å². The Kier molecular flexibility index (Phi) is 4.80. The van der Waals surface area contributed by atoms with Gasteiger partial charge in [0.05, 0.1) is 0 Å². The maximum atomic E-state index is 12.2. The number of amides is 1. The second kappa shape index (κ2) is 6.37. The van der Waals surface area contributed by atoms with Crippen molar-refractivity contribution in [1.29, 1.82) is 0 Å². The van der Waals surface area contributed by atoms with Crippen LogP contribution in [0.4, 0.5) is 0 Å². The first-order valence-electron chi connectivity index (χ1n) is 7.21. The van der Waals surface area contributed by atoms with Crippen LogP contribution in [0.2, 0.25) is 0 Å². The number of nitrogens with zero attached hydrogens (tertiary/aromatic N) is 1. The number of ether oxygens (including phenoxy) is 1. The van der Waals surface area contributed by atoms with Gasteiger partial charge in [-0.05, 0) is 44.9 Å². The standard InChI is InChI=1S/C14H23NO4/c1-10(14(17)18)15(12-3-4-12)13(16)5-2-11-6-8-19-9-7-11/h10-12H,2-9H2,1H3,(H,17,18). The molecule has 1 N–H and O–H groups in total. The SMILES string of the molecule is CC(C(=O)O)N(C(=O)CCC1CCOCC1)C1CC1. The molecule has 2 aliphatic rings. The van der Waals surface area contributed by atoms with Crippen LogP contribution in [-0.2, 0) is 14.3 Å². The molecule has 0 radical (unpaired) electrons. The van der Waals surface area contributed by atoms with Gasteiger partial charge in [0, 0.05) is 25.7 Å². The molecule has 1 atom stereocenters. The summed E-state index contributed by atoms with van der Waals surface area (Å²) in [6.45, 7) is 3.18. The summed E-state index contributed by atoms with van der Waals surface area (Å²) < 4.78 is 5.30. The number of hydrogen-bond donors (Lipinski definition) is 1. The third-order valence-corrected chi connectivity index (χ3v) is 4.11. The Morgan fingerprint density at radius 1 is 1.26 bits per heavy atom. The van der Waals surface area contributed by atoms with Crippen LogP contribution in [0.5, 0.6) is 0 Å². The lowest BCUT2D eigenvalue weighted by Crippen LogP contribution is -2.44. The fourth-order valence-electron chi connectivity index (χ4n) is 2.70. The monoisotopic (exact) mass is 269 g/mol. The molecule has 5 heteroatoms. The zero-order chi connectivity index (χ0) is 13.8. The summed E-state index contributed by atoms with van der Waals surface area (Å²) in [7, 11) is 0. The van der Waals surface area contributed by atoms with E-state index in [1.165, 1.54) is 0 Å². The molecular formula is C14H23NO4. The molecule has 0 aromatic carbocycles. The van der Waals surface area contributed by atoms with E-state index < -0.39 is 12.0 Å².